The van der Waals surface area contributed by atoms with Gasteiger partial charge in [-0.25, -0.2) is 4.79 Å². The van der Waals surface area contributed by atoms with Gasteiger partial charge in [0.25, 0.3) is 5.91 Å². The largest absolute Gasteiger partial charge is 0.480 e. The zero-order valence-electron chi connectivity index (χ0n) is 14.0. The van der Waals surface area contributed by atoms with Crippen LogP contribution in [0.25, 0.3) is 21.5 Å². The Morgan fingerprint density at radius 1 is 1.04 bits per heavy atom. The van der Waals surface area contributed by atoms with Gasteiger partial charge in [0.15, 0.2) is 0 Å². The van der Waals surface area contributed by atoms with Crippen LogP contribution in [0.2, 0.25) is 0 Å². The number of rotatable bonds is 5. The van der Waals surface area contributed by atoms with E-state index in [1.807, 2.05) is 54.6 Å². The Hall–Kier alpha value is -3.14. The molecule has 4 heteroatoms. The van der Waals surface area contributed by atoms with Crippen LogP contribution in [0.15, 0.2) is 66.7 Å². The molecule has 0 aliphatic heterocycles. The van der Waals surface area contributed by atoms with E-state index in [0.29, 0.717) is 11.1 Å². The Kier molecular flexibility index (Phi) is 4.52. The monoisotopic (exact) mass is 333 g/mol. The Labute approximate surface area is 145 Å². The molecule has 0 bridgehead atoms. The first-order valence-corrected chi connectivity index (χ1v) is 8.06. The molecule has 25 heavy (non-hydrogen) atoms. The zero-order chi connectivity index (χ0) is 18.0. The predicted molar refractivity (Wildman–Crippen MR) is 99.8 cm³/mol. The molecular weight excluding hydrogens is 314 g/mol. The van der Waals surface area contributed by atoms with E-state index in [2.05, 4.69) is 11.9 Å². The van der Waals surface area contributed by atoms with Crippen molar-refractivity contribution in [1.82, 2.24) is 5.32 Å². The fourth-order valence-corrected chi connectivity index (χ4v) is 3.04. The smallest absolute Gasteiger partial charge is 0.326 e. The van der Waals surface area contributed by atoms with Crippen LogP contribution in [0, 0.1) is 0 Å². The summed E-state index contributed by atoms with van der Waals surface area (Å²) in [6.07, 6.45) is 0.198. The van der Waals surface area contributed by atoms with E-state index in [1.54, 1.807) is 6.92 Å². The summed E-state index contributed by atoms with van der Waals surface area (Å²) in [5, 5.41) is 15.5. The number of amides is 1. The summed E-state index contributed by atoms with van der Waals surface area (Å²) in [7, 11) is 0. The van der Waals surface area contributed by atoms with Crippen LogP contribution in [0.5, 0.6) is 0 Å². The number of hydrogen-bond acceptors (Lipinski definition) is 2. The lowest BCUT2D eigenvalue weighted by Crippen LogP contribution is -2.41. The fraction of sp³-hybridized carbons (Fsp3) is 0.143. The highest BCUT2D eigenvalue weighted by molar-refractivity contribution is 6.18. The summed E-state index contributed by atoms with van der Waals surface area (Å²) in [6.45, 7) is 5.49. The van der Waals surface area contributed by atoms with E-state index in [0.717, 1.165) is 21.5 Å². The molecule has 0 aliphatic rings. The lowest BCUT2D eigenvalue weighted by Gasteiger charge is -2.17. The third-order valence-electron chi connectivity index (χ3n) is 4.15. The molecule has 0 radical (unpaired) electrons. The number of hydrogen-bond donors (Lipinski definition) is 2. The minimum atomic E-state index is -1.07. The molecule has 3 rings (SSSR count). The van der Waals surface area contributed by atoms with Crippen molar-refractivity contribution in [3.63, 3.8) is 0 Å². The first-order valence-electron chi connectivity index (χ1n) is 8.06. The highest BCUT2D eigenvalue weighted by Crippen LogP contribution is 2.28. The Morgan fingerprint density at radius 3 is 2.04 bits per heavy atom. The molecule has 3 aromatic rings. The van der Waals surface area contributed by atoms with Crippen LogP contribution >= 0.6 is 0 Å². The average Bonchev–Trinajstić information content (AvgIpc) is 2.58. The molecule has 0 fully saturated rings. The Balaban J connectivity index is 2.13. The maximum atomic E-state index is 13.0. The summed E-state index contributed by atoms with van der Waals surface area (Å²) in [5.74, 6) is -1.46. The molecule has 2 N–H and O–H groups in total. The van der Waals surface area contributed by atoms with Crippen molar-refractivity contribution >= 4 is 33.4 Å². The lowest BCUT2D eigenvalue weighted by molar-refractivity contribution is -0.139. The summed E-state index contributed by atoms with van der Waals surface area (Å²) in [4.78, 5) is 24.4. The lowest BCUT2D eigenvalue weighted by atomic mass is 9.96. The van der Waals surface area contributed by atoms with E-state index in [-0.39, 0.29) is 12.3 Å². The molecular formula is C21H19NO3. The molecule has 0 spiro atoms. The van der Waals surface area contributed by atoms with Gasteiger partial charge in [-0.1, -0.05) is 54.1 Å². The molecule has 1 atom stereocenters. The number of fused-ring (bicyclic) bond motifs is 2. The molecule has 126 valence electrons. The van der Waals surface area contributed by atoms with Crippen molar-refractivity contribution < 1.29 is 14.7 Å². The van der Waals surface area contributed by atoms with Crippen LogP contribution < -0.4 is 5.32 Å². The van der Waals surface area contributed by atoms with Crippen LogP contribution in [0.1, 0.15) is 23.7 Å². The number of carbonyl (C=O) groups excluding carboxylic acids is 1. The van der Waals surface area contributed by atoms with Gasteiger partial charge >= 0.3 is 5.97 Å². The molecule has 0 unspecified atom stereocenters. The number of aliphatic carboxylic acids is 1. The number of nitrogens with one attached hydrogen (secondary N) is 1. The van der Waals surface area contributed by atoms with Crippen LogP contribution in [0.3, 0.4) is 0 Å². The van der Waals surface area contributed by atoms with Crippen LogP contribution in [0.4, 0.5) is 0 Å². The molecule has 0 aliphatic carbocycles. The van der Waals surface area contributed by atoms with Crippen LogP contribution in [-0.4, -0.2) is 23.0 Å². The second-order valence-corrected chi connectivity index (χ2v) is 6.22. The van der Waals surface area contributed by atoms with Gasteiger partial charge in [0, 0.05) is 0 Å². The first kappa shape index (κ1) is 16.7. The highest BCUT2D eigenvalue weighted by Gasteiger charge is 2.23. The van der Waals surface area contributed by atoms with Crippen LogP contribution in [-0.2, 0) is 4.79 Å². The Morgan fingerprint density at radius 2 is 1.56 bits per heavy atom. The first-order chi connectivity index (χ1) is 12.0. The minimum Gasteiger partial charge on any atom is -0.480 e. The van der Waals surface area contributed by atoms with Gasteiger partial charge in [-0.05, 0) is 41.0 Å². The van der Waals surface area contributed by atoms with Crippen molar-refractivity contribution in [3.05, 3.63) is 72.3 Å². The molecule has 0 saturated heterocycles. The van der Waals surface area contributed by atoms with Gasteiger partial charge in [-0.3, -0.25) is 4.79 Å². The van der Waals surface area contributed by atoms with Crippen molar-refractivity contribution in [2.45, 2.75) is 19.4 Å². The standard InChI is InChI=1S/C21H19NO3/c1-13(2)11-18(21(24)25)22-20(23)19-16-9-5-3-7-14(16)12-15-8-4-6-10-17(15)19/h3-10,12,18H,1,11H2,2H3,(H,22,23)(H,24,25)/t18-/m0/s1. The third kappa shape index (κ3) is 3.38. The minimum absolute atomic E-state index is 0.198. The molecule has 0 aromatic heterocycles. The second kappa shape index (κ2) is 6.77. The van der Waals surface area contributed by atoms with Crippen molar-refractivity contribution in [3.8, 4) is 0 Å². The van der Waals surface area contributed by atoms with Gasteiger partial charge in [-0.2, -0.15) is 0 Å². The van der Waals surface area contributed by atoms with Gasteiger partial charge in [0.05, 0.1) is 5.56 Å². The van der Waals surface area contributed by atoms with Crippen molar-refractivity contribution in [1.29, 1.82) is 0 Å². The molecule has 1 amide bonds. The molecule has 4 nitrogen and oxygen atoms in total. The van der Waals surface area contributed by atoms with Gasteiger partial charge in [-0.15, -0.1) is 6.58 Å². The average molecular weight is 333 g/mol. The summed E-state index contributed by atoms with van der Waals surface area (Å²) in [6, 6.07) is 16.3. The number of carboxylic acid groups (broad SMARTS) is 1. The summed E-state index contributed by atoms with van der Waals surface area (Å²) in [5.41, 5.74) is 1.21. The topological polar surface area (TPSA) is 66.4 Å². The van der Waals surface area contributed by atoms with Gasteiger partial charge in [0.1, 0.15) is 6.04 Å². The maximum Gasteiger partial charge on any atom is 0.326 e. The molecule has 3 aromatic carbocycles. The number of benzene rings is 3. The Bertz CT molecular complexity index is 937. The quantitative estimate of drug-likeness (QED) is 0.545. The zero-order valence-corrected chi connectivity index (χ0v) is 14.0. The third-order valence-corrected chi connectivity index (χ3v) is 4.15. The van der Waals surface area contributed by atoms with Crippen molar-refractivity contribution in [2.24, 2.45) is 0 Å². The molecule has 0 heterocycles. The normalized spacial score (nSPS) is 12.0. The molecule has 0 saturated carbocycles. The SMILES string of the molecule is C=C(C)C[C@H](NC(=O)c1c2ccccc2cc2ccccc12)C(=O)O. The van der Waals surface area contributed by atoms with Gasteiger partial charge in [0.2, 0.25) is 0 Å². The van der Waals surface area contributed by atoms with E-state index >= 15 is 0 Å². The summed E-state index contributed by atoms with van der Waals surface area (Å²) >= 11 is 0. The van der Waals surface area contributed by atoms with Crippen molar-refractivity contribution in [2.75, 3.05) is 0 Å². The highest BCUT2D eigenvalue weighted by atomic mass is 16.4. The predicted octanol–water partition coefficient (Wildman–Crippen LogP) is 4.14. The van der Waals surface area contributed by atoms with E-state index < -0.39 is 12.0 Å². The maximum absolute atomic E-state index is 13.0. The fourth-order valence-electron chi connectivity index (χ4n) is 3.04. The van der Waals surface area contributed by atoms with E-state index in [4.69, 9.17) is 0 Å². The van der Waals surface area contributed by atoms with Gasteiger partial charge < -0.3 is 10.4 Å². The van der Waals surface area contributed by atoms with E-state index in [1.165, 1.54) is 0 Å². The second-order valence-electron chi connectivity index (χ2n) is 6.22. The summed E-state index contributed by atoms with van der Waals surface area (Å²) < 4.78 is 0. The van der Waals surface area contributed by atoms with E-state index in [9.17, 15) is 14.7 Å². The number of carbonyl (C=O) groups is 2. The number of carboxylic acids is 1.